The van der Waals surface area contributed by atoms with Crippen LogP contribution in [0.15, 0.2) is 53.0 Å². The van der Waals surface area contributed by atoms with Crippen LogP contribution in [-0.4, -0.2) is 24.5 Å². The van der Waals surface area contributed by atoms with Crippen LogP contribution < -0.4 is 15.5 Å². The lowest BCUT2D eigenvalue weighted by atomic mass is 10.2. The van der Waals surface area contributed by atoms with Gasteiger partial charge in [0.25, 0.3) is 0 Å². The number of benzene rings is 2. The standard InChI is InChI=1S/C18H18BrN3O2/c1-12(20-18(24)21-15-8-6-14(19)7-9-15)17(23)22-11-10-13-4-2-3-5-16(13)22/h2-9,12H,10-11H2,1H3,(H2,20,21,24)/t12-/m0/s1. The highest BCUT2D eigenvalue weighted by Gasteiger charge is 2.28. The molecule has 3 amide bonds. The Morgan fingerprint density at radius 1 is 1.12 bits per heavy atom. The Labute approximate surface area is 149 Å². The van der Waals surface area contributed by atoms with E-state index in [0.717, 1.165) is 22.1 Å². The number of carbonyl (C=O) groups excluding carboxylic acids is 2. The van der Waals surface area contributed by atoms with E-state index in [4.69, 9.17) is 0 Å². The van der Waals surface area contributed by atoms with Crippen LogP contribution in [0.1, 0.15) is 12.5 Å². The van der Waals surface area contributed by atoms with Crippen LogP contribution in [0.4, 0.5) is 16.2 Å². The molecule has 1 aliphatic heterocycles. The van der Waals surface area contributed by atoms with Crippen LogP contribution in [0, 0.1) is 0 Å². The molecule has 0 aliphatic carbocycles. The summed E-state index contributed by atoms with van der Waals surface area (Å²) in [5.41, 5.74) is 2.77. The maximum absolute atomic E-state index is 12.6. The second kappa shape index (κ2) is 7.05. The fourth-order valence-corrected chi connectivity index (χ4v) is 3.02. The number of rotatable bonds is 3. The molecule has 2 N–H and O–H groups in total. The molecule has 0 bridgehead atoms. The van der Waals surface area contributed by atoms with Crippen molar-refractivity contribution in [1.29, 1.82) is 0 Å². The molecule has 124 valence electrons. The molecule has 0 saturated heterocycles. The molecule has 1 aliphatic rings. The Bertz CT molecular complexity index is 761. The van der Waals surface area contributed by atoms with Crippen molar-refractivity contribution in [2.45, 2.75) is 19.4 Å². The lowest BCUT2D eigenvalue weighted by molar-refractivity contribution is -0.119. The van der Waals surface area contributed by atoms with E-state index in [0.29, 0.717) is 12.2 Å². The zero-order valence-corrected chi connectivity index (χ0v) is 14.8. The van der Waals surface area contributed by atoms with Crippen LogP contribution in [-0.2, 0) is 11.2 Å². The largest absolute Gasteiger partial charge is 0.326 e. The number of urea groups is 1. The molecular weight excluding hydrogens is 370 g/mol. The number of nitrogens with zero attached hydrogens (tertiary/aromatic N) is 1. The topological polar surface area (TPSA) is 61.4 Å². The lowest BCUT2D eigenvalue weighted by Crippen LogP contribution is -2.47. The number of hydrogen-bond donors (Lipinski definition) is 2. The molecule has 24 heavy (non-hydrogen) atoms. The molecule has 5 nitrogen and oxygen atoms in total. The van der Waals surface area contributed by atoms with Crippen molar-refractivity contribution in [2.75, 3.05) is 16.8 Å². The van der Waals surface area contributed by atoms with Crippen LogP contribution in [0.2, 0.25) is 0 Å². The third-order valence-electron chi connectivity index (χ3n) is 3.97. The molecule has 0 saturated carbocycles. The molecule has 0 aromatic heterocycles. The second-order valence-corrected chi connectivity index (χ2v) is 6.61. The third-order valence-corrected chi connectivity index (χ3v) is 4.50. The first-order valence-corrected chi connectivity index (χ1v) is 8.56. The van der Waals surface area contributed by atoms with E-state index in [1.807, 2.05) is 36.4 Å². The highest BCUT2D eigenvalue weighted by atomic mass is 79.9. The minimum Gasteiger partial charge on any atom is -0.326 e. The highest BCUT2D eigenvalue weighted by molar-refractivity contribution is 9.10. The number of nitrogens with one attached hydrogen (secondary N) is 2. The van der Waals surface area contributed by atoms with Crippen LogP contribution >= 0.6 is 15.9 Å². The van der Waals surface area contributed by atoms with Gasteiger partial charge in [-0.05, 0) is 49.2 Å². The molecule has 0 radical (unpaired) electrons. The van der Waals surface area contributed by atoms with E-state index >= 15 is 0 Å². The zero-order chi connectivity index (χ0) is 17.1. The lowest BCUT2D eigenvalue weighted by Gasteiger charge is -2.22. The Morgan fingerprint density at radius 2 is 1.83 bits per heavy atom. The van der Waals surface area contributed by atoms with E-state index in [9.17, 15) is 9.59 Å². The predicted octanol–water partition coefficient (Wildman–Crippen LogP) is 3.55. The minimum absolute atomic E-state index is 0.106. The van der Waals surface area contributed by atoms with Gasteiger partial charge < -0.3 is 15.5 Å². The monoisotopic (exact) mass is 387 g/mol. The van der Waals surface area contributed by atoms with E-state index in [1.165, 1.54) is 0 Å². The second-order valence-electron chi connectivity index (χ2n) is 5.70. The third kappa shape index (κ3) is 3.59. The van der Waals surface area contributed by atoms with Crippen molar-refractivity contribution < 1.29 is 9.59 Å². The first-order valence-electron chi connectivity index (χ1n) is 7.77. The first kappa shape index (κ1) is 16.5. The van der Waals surface area contributed by atoms with Gasteiger partial charge in [0.05, 0.1) is 0 Å². The van der Waals surface area contributed by atoms with Gasteiger partial charge in [-0.3, -0.25) is 4.79 Å². The average Bonchev–Trinajstić information content (AvgIpc) is 3.00. The number of hydrogen-bond acceptors (Lipinski definition) is 2. The fraction of sp³-hybridized carbons (Fsp3) is 0.222. The molecular formula is C18H18BrN3O2. The van der Waals surface area contributed by atoms with Crippen LogP contribution in [0.5, 0.6) is 0 Å². The summed E-state index contributed by atoms with van der Waals surface area (Å²) in [6.45, 7) is 2.35. The average molecular weight is 388 g/mol. The Balaban J connectivity index is 1.60. The SMILES string of the molecule is C[C@H](NC(=O)Nc1ccc(Br)cc1)C(=O)N1CCc2ccccc21. The summed E-state index contributed by atoms with van der Waals surface area (Å²) < 4.78 is 0.935. The molecule has 3 rings (SSSR count). The van der Waals surface area contributed by atoms with Gasteiger partial charge in [0.1, 0.15) is 6.04 Å². The van der Waals surface area contributed by atoms with Crippen molar-refractivity contribution in [3.05, 3.63) is 58.6 Å². The molecule has 6 heteroatoms. The van der Waals surface area contributed by atoms with Gasteiger partial charge in [-0.2, -0.15) is 0 Å². The van der Waals surface area contributed by atoms with Gasteiger partial charge in [-0.25, -0.2) is 4.79 Å². The van der Waals surface area contributed by atoms with E-state index in [-0.39, 0.29) is 5.91 Å². The number of para-hydroxylation sites is 1. The number of halogens is 1. The summed E-state index contributed by atoms with van der Waals surface area (Å²) in [5.74, 6) is -0.106. The Morgan fingerprint density at radius 3 is 2.58 bits per heavy atom. The number of fused-ring (bicyclic) bond motifs is 1. The summed E-state index contributed by atoms with van der Waals surface area (Å²) in [6, 6.07) is 14.1. The summed E-state index contributed by atoms with van der Waals surface area (Å²) in [4.78, 5) is 26.4. The molecule has 0 fully saturated rings. The van der Waals surface area contributed by atoms with E-state index in [1.54, 1.807) is 24.0 Å². The van der Waals surface area contributed by atoms with Crippen molar-refractivity contribution in [3.8, 4) is 0 Å². The quantitative estimate of drug-likeness (QED) is 0.845. The van der Waals surface area contributed by atoms with Crippen LogP contribution in [0.25, 0.3) is 0 Å². The number of anilines is 2. The van der Waals surface area contributed by atoms with Crippen LogP contribution in [0.3, 0.4) is 0 Å². The number of carbonyl (C=O) groups is 2. The normalized spacial score (nSPS) is 14.0. The van der Waals surface area contributed by atoms with Gasteiger partial charge in [0.2, 0.25) is 5.91 Å². The van der Waals surface area contributed by atoms with Gasteiger partial charge in [0.15, 0.2) is 0 Å². The summed E-state index contributed by atoms with van der Waals surface area (Å²) in [5, 5.41) is 5.42. The molecule has 2 aromatic carbocycles. The molecule has 0 unspecified atom stereocenters. The van der Waals surface area contributed by atoms with Crippen molar-refractivity contribution in [3.63, 3.8) is 0 Å². The van der Waals surface area contributed by atoms with Gasteiger partial charge in [-0.15, -0.1) is 0 Å². The smallest absolute Gasteiger partial charge is 0.319 e. The Hall–Kier alpha value is -2.34. The van der Waals surface area contributed by atoms with Gasteiger partial charge >= 0.3 is 6.03 Å². The van der Waals surface area contributed by atoms with Crippen molar-refractivity contribution >= 4 is 39.2 Å². The van der Waals surface area contributed by atoms with E-state index < -0.39 is 12.1 Å². The predicted molar refractivity (Wildman–Crippen MR) is 98.3 cm³/mol. The van der Waals surface area contributed by atoms with Crippen molar-refractivity contribution in [2.24, 2.45) is 0 Å². The first-order chi connectivity index (χ1) is 11.5. The maximum atomic E-state index is 12.6. The zero-order valence-electron chi connectivity index (χ0n) is 13.3. The van der Waals surface area contributed by atoms with E-state index in [2.05, 4.69) is 26.6 Å². The summed E-state index contributed by atoms with van der Waals surface area (Å²) in [7, 11) is 0. The summed E-state index contributed by atoms with van der Waals surface area (Å²) >= 11 is 3.34. The minimum atomic E-state index is -0.605. The van der Waals surface area contributed by atoms with Crippen molar-refractivity contribution in [1.82, 2.24) is 5.32 Å². The van der Waals surface area contributed by atoms with Gasteiger partial charge in [-0.1, -0.05) is 34.1 Å². The molecule has 1 heterocycles. The molecule has 1 atom stereocenters. The molecule has 0 spiro atoms. The number of amides is 3. The maximum Gasteiger partial charge on any atom is 0.319 e. The summed E-state index contributed by atoms with van der Waals surface area (Å²) in [6.07, 6.45) is 0.847. The molecule has 2 aromatic rings. The fourth-order valence-electron chi connectivity index (χ4n) is 2.76. The highest BCUT2D eigenvalue weighted by Crippen LogP contribution is 2.27. The van der Waals surface area contributed by atoms with Gasteiger partial charge in [0, 0.05) is 22.4 Å². The Kier molecular flexibility index (Phi) is 4.85.